The molecule has 0 aliphatic heterocycles. The Labute approximate surface area is 113 Å². The Morgan fingerprint density at radius 1 is 1.44 bits per heavy atom. The second-order valence-corrected chi connectivity index (χ2v) is 5.51. The zero-order valence-corrected chi connectivity index (χ0v) is 11.7. The van der Waals surface area contributed by atoms with Crippen LogP contribution in [-0.4, -0.2) is 28.9 Å². The third kappa shape index (κ3) is 2.66. The van der Waals surface area contributed by atoms with E-state index in [1.165, 1.54) is 25.5 Å². The molecule has 3 nitrogen and oxygen atoms in total. The highest BCUT2D eigenvalue weighted by Crippen LogP contribution is 2.28. The van der Waals surface area contributed by atoms with Crippen LogP contribution in [-0.2, 0) is 0 Å². The molecule has 0 saturated heterocycles. The van der Waals surface area contributed by atoms with Gasteiger partial charge >= 0.3 is 0 Å². The van der Waals surface area contributed by atoms with Crippen molar-refractivity contribution in [2.45, 2.75) is 38.6 Å². The molecule has 18 heavy (non-hydrogen) atoms. The fourth-order valence-corrected chi connectivity index (χ4v) is 2.96. The predicted molar refractivity (Wildman–Crippen MR) is 72.8 cm³/mol. The van der Waals surface area contributed by atoms with Crippen LogP contribution in [0.4, 0.5) is 0 Å². The van der Waals surface area contributed by atoms with Gasteiger partial charge in [-0.15, -0.1) is 0 Å². The molecule has 0 aromatic carbocycles. The van der Waals surface area contributed by atoms with Gasteiger partial charge < -0.3 is 4.90 Å². The van der Waals surface area contributed by atoms with Crippen LogP contribution in [0, 0.1) is 5.92 Å². The van der Waals surface area contributed by atoms with Gasteiger partial charge in [0.1, 0.15) is 0 Å². The van der Waals surface area contributed by atoms with Gasteiger partial charge in [0, 0.05) is 25.5 Å². The summed E-state index contributed by atoms with van der Waals surface area (Å²) in [4.78, 5) is 18.2. The van der Waals surface area contributed by atoms with Gasteiger partial charge in [-0.3, -0.25) is 9.78 Å². The zero-order valence-electron chi connectivity index (χ0n) is 10.9. The topological polar surface area (TPSA) is 33.2 Å². The van der Waals surface area contributed by atoms with Gasteiger partial charge in [0.25, 0.3) is 5.91 Å². The van der Waals surface area contributed by atoms with E-state index in [0.717, 1.165) is 6.42 Å². The lowest BCUT2D eigenvalue weighted by molar-refractivity contribution is 0.0629. The van der Waals surface area contributed by atoms with Crippen LogP contribution < -0.4 is 0 Å². The minimum atomic E-state index is 0.00106. The number of rotatable bonds is 2. The van der Waals surface area contributed by atoms with E-state index in [2.05, 4.69) is 11.9 Å². The summed E-state index contributed by atoms with van der Waals surface area (Å²) in [7, 11) is 1.88. The standard InChI is InChI=1S/C14H19ClN2O/c1-10-5-3-4-6-13(10)17(2)14(18)11-7-8-16-9-12(11)15/h7-10,13H,3-6H2,1-2H3. The molecule has 0 bridgehead atoms. The average Bonchev–Trinajstić information content (AvgIpc) is 2.38. The first-order valence-corrected chi connectivity index (χ1v) is 6.85. The van der Waals surface area contributed by atoms with Crippen molar-refractivity contribution in [2.75, 3.05) is 7.05 Å². The molecule has 0 radical (unpaired) electrons. The summed E-state index contributed by atoms with van der Waals surface area (Å²) < 4.78 is 0. The van der Waals surface area contributed by atoms with Crippen LogP contribution >= 0.6 is 11.6 Å². The summed E-state index contributed by atoms with van der Waals surface area (Å²) in [6.45, 7) is 2.22. The van der Waals surface area contributed by atoms with Crippen LogP contribution in [0.2, 0.25) is 5.02 Å². The number of hydrogen-bond donors (Lipinski definition) is 0. The van der Waals surface area contributed by atoms with E-state index in [1.54, 1.807) is 12.3 Å². The normalized spacial score (nSPS) is 23.7. The Kier molecular flexibility index (Phi) is 4.23. The first-order valence-electron chi connectivity index (χ1n) is 6.48. The first-order chi connectivity index (χ1) is 8.61. The minimum Gasteiger partial charge on any atom is -0.338 e. The highest BCUT2D eigenvalue weighted by Gasteiger charge is 2.29. The van der Waals surface area contributed by atoms with Crippen molar-refractivity contribution in [2.24, 2.45) is 5.92 Å². The molecule has 1 fully saturated rings. The van der Waals surface area contributed by atoms with Crippen molar-refractivity contribution in [1.29, 1.82) is 0 Å². The maximum atomic E-state index is 12.4. The van der Waals surface area contributed by atoms with Gasteiger partial charge in [0.2, 0.25) is 0 Å². The van der Waals surface area contributed by atoms with Crippen LogP contribution in [0.15, 0.2) is 18.5 Å². The van der Waals surface area contributed by atoms with Gasteiger partial charge in [-0.05, 0) is 24.8 Å². The highest BCUT2D eigenvalue weighted by molar-refractivity contribution is 6.33. The number of hydrogen-bond acceptors (Lipinski definition) is 2. The molecule has 4 heteroatoms. The Hall–Kier alpha value is -1.09. The number of pyridine rings is 1. The molecule has 1 aromatic heterocycles. The quantitative estimate of drug-likeness (QED) is 0.822. The Bertz CT molecular complexity index is 436. The highest BCUT2D eigenvalue weighted by atomic mass is 35.5. The molecule has 1 amide bonds. The second kappa shape index (κ2) is 5.70. The third-order valence-corrected chi connectivity index (χ3v) is 4.19. The van der Waals surface area contributed by atoms with Crippen LogP contribution in [0.1, 0.15) is 43.0 Å². The van der Waals surface area contributed by atoms with Crippen molar-refractivity contribution in [3.8, 4) is 0 Å². The van der Waals surface area contributed by atoms with Gasteiger partial charge in [-0.1, -0.05) is 31.4 Å². The molecular formula is C14H19ClN2O. The van der Waals surface area contributed by atoms with E-state index in [-0.39, 0.29) is 5.91 Å². The van der Waals surface area contributed by atoms with Gasteiger partial charge in [0.15, 0.2) is 0 Å². The molecular weight excluding hydrogens is 248 g/mol. The average molecular weight is 267 g/mol. The molecule has 1 heterocycles. The van der Waals surface area contributed by atoms with E-state index >= 15 is 0 Å². The lowest BCUT2D eigenvalue weighted by atomic mass is 9.85. The molecule has 2 rings (SSSR count). The van der Waals surface area contributed by atoms with Crippen LogP contribution in [0.5, 0.6) is 0 Å². The Balaban J connectivity index is 2.16. The van der Waals surface area contributed by atoms with Gasteiger partial charge in [-0.2, -0.15) is 0 Å². The van der Waals surface area contributed by atoms with Crippen molar-refractivity contribution in [1.82, 2.24) is 9.88 Å². The second-order valence-electron chi connectivity index (χ2n) is 5.10. The predicted octanol–water partition coefficient (Wildman–Crippen LogP) is 3.39. The molecule has 0 spiro atoms. The summed E-state index contributed by atoms with van der Waals surface area (Å²) in [6, 6.07) is 2.02. The number of carbonyl (C=O) groups excluding carboxylic acids is 1. The SMILES string of the molecule is CC1CCCCC1N(C)C(=O)c1ccncc1Cl. The zero-order chi connectivity index (χ0) is 13.1. The van der Waals surface area contributed by atoms with Crippen molar-refractivity contribution >= 4 is 17.5 Å². The Morgan fingerprint density at radius 3 is 2.83 bits per heavy atom. The maximum absolute atomic E-state index is 12.4. The fourth-order valence-electron chi connectivity index (χ4n) is 2.76. The van der Waals surface area contributed by atoms with Gasteiger partial charge in [-0.25, -0.2) is 0 Å². The number of nitrogens with zero attached hydrogens (tertiary/aromatic N) is 2. The molecule has 1 aliphatic carbocycles. The Morgan fingerprint density at radius 2 is 2.17 bits per heavy atom. The molecule has 1 aliphatic rings. The smallest absolute Gasteiger partial charge is 0.255 e. The van der Waals surface area contributed by atoms with E-state index in [4.69, 9.17) is 11.6 Å². The summed E-state index contributed by atoms with van der Waals surface area (Å²) in [6.07, 6.45) is 7.90. The number of halogens is 1. The third-order valence-electron chi connectivity index (χ3n) is 3.89. The molecule has 2 unspecified atom stereocenters. The van der Waals surface area contributed by atoms with E-state index < -0.39 is 0 Å². The van der Waals surface area contributed by atoms with E-state index in [1.807, 2.05) is 11.9 Å². The van der Waals surface area contributed by atoms with Crippen molar-refractivity contribution < 1.29 is 4.79 Å². The molecule has 98 valence electrons. The van der Waals surface area contributed by atoms with Crippen LogP contribution in [0.3, 0.4) is 0 Å². The summed E-state index contributed by atoms with van der Waals surface area (Å²) in [5.41, 5.74) is 0.548. The fraction of sp³-hybridized carbons (Fsp3) is 0.571. The maximum Gasteiger partial charge on any atom is 0.255 e. The number of carbonyl (C=O) groups is 1. The summed E-state index contributed by atoms with van der Waals surface area (Å²) in [5.74, 6) is 0.564. The monoisotopic (exact) mass is 266 g/mol. The van der Waals surface area contributed by atoms with E-state index in [0.29, 0.717) is 22.5 Å². The van der Waals surface area contributed by atoms with E-state index in [9.17, 15) is 4.79 Å². The van der Waals surface area contributed by atoms with Crippen molar-refractivity contribution in [3.63, 3.8) is 0 Å². The molecule has 1 aromatic rings. The summed E-state index contributed by atoms with van der Waals surface area (Å²) >= 11 is 6.03. The van der Waals surface area contributed by atoms with Gasteiger partial charge in [0.05, 0.1) is 10.6 Å². The molecule has 2 atom stereocenters. The van der Waals surface area contributed by atoms with Crippen LogP contribution in [0.25, 0.3) is 0 Å². The largest absolute Gasteiger partial charge is 0.338 e. The molecule has 0 N–H and O–H groups in total. The molecule has 1 saturated carbocycles. The number of aromatic nitrogens is 1. The van der Waals surface area contributed by atoms with Crippen molar-refractivity contribution in [3.05, 3.63) is 29.0 Å². The first kappa shape index (κ1) is 13.3. The number of amides is 1. The minimum absolute atomic E-state index is 0.00106. The lowest BCUT2D eigenvalue weighted by Gasteiger charge is -2.36. The lowest BCUT2D eigenvalue weighted by Crippen LogP contribution is -2.42. The summed E-state index contributed by atoms with van der Waals surface area (Å²) in [5, 5.41) is 0.429.